The Labute approximate surface area is 162 Å². The number of hydrogen-bond acceptors (Lipinski definition) is 3. The lowest BCUT2D eigenvalue weighted by atomic mass is 9.79. The van der Waals surface area contributed by atoms with Gasteiger partial charge in [-0.1, -0.05) is 12.1 Å². The highest BCUT2D eigenvalue weighted by Crippen LogP contribution is 2.36. The summed E-state index contributed by atoms with van der Waals surface area (Å²) >= 11 is 0. The summed E-state index contributed by atoms with van der Waals surface area (Å²) in [7, 11) is 0. The van der Waals surface area contributed by atoms with Crippen molar-refractivity contribution in [2.24, 2.45) is 10.4 Å². The zero-order valence-electron chi connectivity index (χ0n) is 16.8. The van der Waals surface area contributed by atoms with Crippen molar-refractivity contribution < 1.29 is 9.53 Å². The number of aryl methyl sites for hydroxylation is 1. The third-order valence-electron chi connectivity index (χ3n) is 5.32. The molecule has 1 aromatic rings. The Morgan fingerprint density at radius 2 is 2.33 bits per heavy atom. The molecule has 6 heteroatoms. The molecule has 0 aliphatic carbocycles. The third kappa shape index (κ3) is 5.15. The molecule has 2 saturated heterocycles. The molecular weight excluding hydrogens is 340 g/mol. The largest absolute Gasteiger partial charge is 0.489 e. The first kappa shape index (κ1) is 19.5. The number of likely N-dealkylation sites (tertiary alicyclic amines) is 1. The van der Waals surface area contributed by atoms with Crippen molar-refractivity contribution in [1.82, 2.24) is 15.5 Å². The summed E-state index contributed by atoms with van der Waals surface area (Å²) < 4.78 is 6.01. The highest BCUT2D eigenvalue weighted by molar-refractivity contribution is 5.81. The Bertz CT molecular complexity index is 691. The number of ether oxygens (including phenoxy) is 1. The maximum atomic E-state index is 11.7. The second kappa shape index (κ2) is 8.63. The first-order valence-electron chi connectivity index (χ1n) is 10.0. The van der Waals surface area contributed by atoms with Crippen molar-refractivity contribution in [2.75, 3.05) is 32.7 Å². The van der Waals surface area contributed by atoms with Gasteiger partial charge in [-0.25, -0.2) is 4.99 Å². The van der Waals surface area contributed by atoms with Gasteiger partial charge in [0, 0.05) is 38.0 Å². The molecular formula is C21H32N4O2. The molecule has 6 nitrogen and oxygen atoms in total. The predicted molar refractivity (Wildman–Crippen MR) is 108 cm³/mol. The predicted octanol–water partition coefficient (Wildman–Crippen LogP) is 2.33. The Morgan fingerprint density at radius 1 is 1.48 bits per heavy atom. The molecule has 2 aliphatic heterocycles. The molecule has 3 rings (SSSR count). The molecule has 2 atom stereocenters. The molecule has 148 valence electrons. The van der Waals surface area contributed by atoms with Crippen LogP contribution in [-0.4, -0.2) is 55.6 Å². The van der Waals surface area contributed by atoms with Gasteiger partial charge in [0.25, 0.3) is 0 Å². The minimum atomic E-state index is -0.00562. The van der Waals surface area contributed by atoms with Gasteiger partial charge in [-0.15, -0.1) is 0 Å². The molecule has 1 amide bonds. The van der Waals surface area contributed by atoms with Gasteiger partial charge in [-0.05, 0) is 51.3 Å². The Kier molecular flexibility index (Phi) is 6.24. The van der Waals surface area contributed by atoms with Crippen LogP contribution in [0.2, 0.25) is 0 Å². The SMILES string of the molecule is CCNC(=NCC(C)Oc1cccc(C)c1)N1CCCC2(CNC(=O)C2)C1. The zero-order chi connectivity index (χ0) is 19.3. The third-order valence-corrected chi connectivity index (χ3v) is 5.32. The number of amides is 1. The van der Waals surface area contributed by atoms with Crippen molar-refractivity contribution in [3.63, 3.8) is 0 Å². The molecule has 1 aromatic carbocycles. The van der Waals surface area contributed by atoms with E-state index in [1.165, 1.54) is 5.56 Å². The van der Waals surface area contributed by atoms with Crippen LogP contribution in [0.5, 0.6) is 5.75 Å². The van der Waals surface area contributed by atoms with E-state index in [1.807, 2.05) is 25.1 Å². The van der Waals surface area contributed by atoms with E-state index in [9.17, 15) is 4.79 Å². The van der Waals surface area contributed by atoms with Crippen molar-refractivity contribution >= 4 is 11.9 Å². The minimum absolute atomic E-state index is 0.00562. The van der Waals surface area contributed by atoms with E-state index in [2.05, 4.69) is 35.4 Å². The number of piperidine rings is 1. The van der Waals surface area contributed by atoms with Crippen LogP contribution in [-0.2, 0) is 4.79 Å². The van der Waals surface area contributed by atoms with Crippen LogP contribution in [0.4, 0.5) is 0 Å². The first-order valence-corrected chi connectivity index (χ1v) is 10.0. The highest BCUT2D eigenvalue weighted by atomic mass is 16.5. The summed E-state index contributed by atoms with van der Waals surface area (Å²) in [5, 5.41) is 6.42. The molecule has 2 heterocycles. The molecule has 0 aromatic heterocycles. The number of carbonyl (C=O) groups excluding carboxylic acids is 1. The molecule has 0 saturated carbocycles. The van der Waals surface area contributed by atoms with Gasteiger partial charge in [0.05, 0.1) is 6.54 Å². The molecule has 2 fully saturated rings. The average molecular weight is 373 g/mol. The molecule has 2 unspecified atom stereocenters. The summed E-state index contributed by atoms with van der Waals surface area (Å²) in [6.07, 6.45) is 2.83. The number of nitrogens with zero attached hydrogens (tertiary/aromatic N) is 2. The van der Waals surface area contributed by atoms with Gasteiger partial charge < -0.3 is 20.3 Å². The van der Waals surface area contributed by atoms with Crippen LogP contribution in [0.25, 0.3) is 0 Å². The zero-order valence-corrected chi connectivity index (χ0v) is 16.8. The average Bonchev–Trinajstić information content (AvgIpc) is 2.98. The van der Waals surface area contributed by atoms with E-state index in [4.69, 9.17) is 9.73 Å². The smallest absolute Gasteiger partial charge is 0.220 e. The summed E-state index contributed by atoms with van der Waals surface area (Å²) in [5.74, 6) is 1.99. The maximum Gasteiger partial charge on any atom is 0.220 e. The molecule has 1 spiro atoms. The summed E-state index contributed by atoms with van der Waals surface area (Å²) in [6, 6.07) is 8.10. The van der Waals surface area contributed by atoms with Crippen molar-refractivity contribution in [2.45, 2.75) is 46.1 Å². The standard InChI is InChI=1S/C21H32N4O2/c1-4-22-20(23-13-17(3)27-18-8-5-7-16(2)11-18)25-10-6-9-21(15-25)12-19(26)24-14-21/h5,7-8,11,17H,4,6,9-10,12-15H2,1-3H3,(H,22,23)(H,24,26). The van der Waals surface area contributed by atoms with Crippen LogP contribution >= 0.6 is 0 Å². The van der Waals surface area contributed by atoms with Gasteiger partial charge >= 0.3 is 0 Å². The maximum absolute atomic E-state index is 11.7. The number of rotatable bonds is 5. The molecule has 27 heavy (non-hydrogen) atoms. The minimum Gasteiger partial charge on any atom is -0.489 e. The molecule has 2 aliphatic rings. The van der Waals surface area contributed by atoms with E-state index < -0.39 is 0 Å². The molecule has 0 bridgehead atoms. The van der Waals surface area contributed by atoms with E-state index in [-0.39, 0.29) is 17.4 Å². The number of carbonyl (C=O) groups is 1. The first-order chi connectivity index (χ1) is 13.0. The van der Waals surface area contributed by atoms with Gasteiger partial charge in [0.1, 0.15) is 11.9 Å². The van der Waals surface area contributed by atoms with Crippen LogP contribution in [0, 0.1) is 12.3 Å². The highest BCUT2D eigenvalue weighted by Gasteiger charge is 2.42. The Hall–Kier alpha value is -2.24. The van der Waals surface area contributed by atoms with Gasteiger partial charge in [-0.2, -0.15) is 0 Å². The fraction of sp³-hybridized carbons (Fsp3) is 0.619. The summed E-state index contributed by atoms with van der Waals surface area (Å²) in [6.45, 7) is 10.3. The monoisotopic (exact) mass is 372 g/mol. The lowest BCUT2D eigenvalue weighted by molar-refractivity contribution is -0.119. The second-order valence-electron chi connectivity index (χ2n) is 7.92. The lowest BCUT2D eigenvalue weighted by Gasteiger charge is -2.40. The fourth-order valence-corrected chi connectivity index (χ4v) is 4.03. The normalized spacial score (nSPS) is 24.0. The Morgan fingerprint density at radius 3 is 3.04 bits per heavy atom. The van der Waals surface area contributed by atoms with Crippen LogP contribution in [0.1, 0.15) is 38.7 Å². The van der Waals surface area contributed by atoms with Crippen LogP contribution in [0.15, 0.2) is 29.3 Å². The fourth-order valence-electron chi connectivity index (χ4n) is 4.03. The number of hydrogen-bond donors (Lipinski definition) is 2. The van der Waals surface area contributed by atoms with Crippen LogP contribution in [0.3, 0.4) is 0 Å². The molecule has 2 N–H and O–H groups in total. The van der Waals surface area contributed by atoms with E-state index in [0.717, 1.165) is 50.7 Å². The van der Waals surface area contributed by atoms with Crippen molar-refractivity contribution in [3.8, 4) is 5.75 Å². The van der Waals surface area contributed by atoms with E-state index in [0.29, 0.717) is 13.0 Å². The van der Waals surface area contributed by atoms with Crippen molar-refractivity contribution in [3.05, 3.63) is 29.8 Å². The quantitative estimate of drug-likeness (QED) is 0.615. The Balaban J connectivity index is 1.62. The lowest BCUT2D eigenvalue weighted by Crippen LogP contribution is -2.51. The summed E-state index contributed by atoms with van der Waals surface area (Å²) in [4.78, 5) is 18.9. The molecule has 0 radical (unpaired) electrons. The number of guanidine groups is 1. The van der Waals surface area contributed by atoms with Gasteiger partial charge in [-0.3, -0.25) is 4.79 Å². The summed E-state index contributed by atoms with van der Waals surface area (Å²) in [5.41, 5.74) is 1.25. The number of aliphatic imine (C=N–C) groups is 1. The number of benzene rings is 1. The van der Waals surface area contributed by atoms with Gasteiger partial charge in [0.2, 0.25) is 5.91 Å². The number of nitrogens with one attached hydrogen (secondary N) is 2. The van der Waals surface area contributed by atoms with E-state index in [1.54, 1.807) is 0 Å². The second-order valence-corrected chi connectivity index (χ2v) is 7.92. The topological polar surface area (TPSA) is 66.0 Å². The van der Waals surface area contributed by atoms with Gasteiger partial charge in [0.15, 0.2) is 5.96 Å². The van der Waals surface area contributed by atoms with E-state index >= 15 is 0 Å². The van der Waals surface area contributed by atoms with Crippen molar-refractivity contribution in [1.29, 1.82) is 0 Å². The van der Waals surface area contributed by atoms with Crippen LogP contribution < -0.4 is 15.4 Å².